The van der Waals surface area contributed by atoms with Gasteiger partial charge in [0.15, 0.2) is 0 Å². The van der Waals surface area contributed by atoms with Crippen molar-refractivity contribution in [1.82, 2.24) is 0 Å². The lowest BCUT2D eigenvalue weighted by Crippen LogP contribution is -2.09. The summed E-state index contributed by atoms with van der Waals surface area (Å²) in [7, 11) is 0. The molecule has 88 valence electrons. The second-order valence-corrected chi connectivity index (χ2v) is 3.71. The topological polar surface area (TPSA) is 46.5 Å². The standard InChI is InChI=1S/C13H18O3/c1-3-10(9-13(15)16-4-2)11-6-5-7-12(14)8-11/h5-8,10,14H,3-4,9H2,1-2H3. The molecule has 1 rings (SSSR count). The molecule has 1 atom stereocenters. The molecule has 3 heteroatoms. The summed E-state index contributed by atoms with van der Waals surface area (Å²) in [6, 6.07) is 7.04. The number of carbonyl (C=O) groups is 1. The number of carbonyl (C=O) groups excluding carboxylic acids is 1. The van der Waals surface area contributed by atoms with Crippen LogP contribution < -0.4 is 0 Å². The number of aromatic hydroxyl groups is 1. The van der Waals surface area contributed by atoms with Crippen LogP contribution in [0.5, 0.6) is 5.75 Å². The molecule has 0 aromatic heterocycles. The fourth-order valence-electron chi connectivity index (χ4n) is 1.70. The smallest absolute Gasteiger partial charge is 0.306 e. The van der Waals surface area contributed by atoms with Gasteiger partial charge in [0.2, 0.25) is 0 Å². The van der Waals surface area contributed by atoms with E-state index in [9.17, 15) is 9.90 Å². The largest absolute Gasteiger partial charge is 0.508 e. The van der Waals surface area contributed by atoms with E-state index in [2.05, 4.69) is 0 Å². The highest BCUT2D eigenvalue weighted by atomic mass is 16.5. The molecule has 0 aliphatic heterocycles. The molecule has 1 unspecified atom stereocenters. The van der Waals surface area contributed by atoms with Crippen molar-refractivity contribution < 1.29 is 14.6 Å². The Morgan fingerprint density at radius 2 is 2.19 bits per heavy atom. The Balaban J connectivity index is 2.70. The minimum Gasteiger partial charge on any atom is -0.508 e. The van der Waals surface area contributed by atoms with Crippen LogP contribution in [0, 0.1) is 0 Å². The molecule has 0 saturated carbocycles. The third kappa shape index (κ3) is 3.57. The highest BCUT2D eigenvalue weighted by Crippen LogP contribution is 2.26. The fourth-order valence-corrected chi connectivity index (χ4v) is 1.70. The highest BCUT2D eigenvalue weighted by molar-refractivity contribution is 5.70. The Morgan fingerprint density at radius 1 is 1.44 bits per heavy atom. The second kappa shape index (κ2) is 6.16. The predicted octanol–water partition coefficient (Wildman–Crippen LogP) is 2.84. The first-order valence-electron chi connectivity index (χ1n) is 5.61. The van der Waals surface area contributed by atoms with Gasteiger partial charge in [-0.2, -0.15) is 0 Å². The zero-order valence-corrected chi connectivity index (χ0v) is 9.77. The number of ether oxygens (including phenoxy) is 1. The third-order valence-electron chi connectivity index (χ3n) is 2.55. The van der Waals surface area contributed by atoms with Gasteiger partial charge in [-0.05, 0) is 37.0 Å². The highest BCUT2D eigenvalue weighted by Gasteiger charge is 2.15. The number of esters is 1. The third-order valence-corrected chi connectivity index (χ3v) is 2.55. The Labute approximate surface area is 96.1 Å². The van der Waals surface area contributed by atoms with E-state index in [-0.39, 0.29) is 17.6 Å². The molecule has 0 saturated heterocycles. The van der Waals surface area contributed by atoms with Gasteiger partial charge in [-0.3, -0.25) is 4.79 Å². The number of hydrogen-bond acceptors (Lipinski definition) is 3. The summed E-state index contributed by atoms with van der Waals surface area (Å²) in [6.07, 6.45) is 1.22. The number of benzene rings is 1. The van der Waals surface area contributed by atoms with Gasteiger partial charge in [-0.25, -0.2) is 0 Å². The molecule has 0 amide bonds. The average Bonchev–Trinajstić information content (AvgIpc) is 2.26. The van der Waals surface area contributed by atoms with E-state index in [0.717, 1.165) is 12.0 Å². The van der Waals surface area contributed by atoms with E-state index in [1.54, 1.807) is 25.1 Å². The van der Waals surface area contributed by atoms with Crippen molar-refractivity contribution in [2.75, 3.05) is 6.61 Å². The summed E-state index contributed by atoms with van der Waals surface area (Å²) in [4.78, 5) is 11.4. The molecular formula is C13H18O3. The Kier molecular flexibility index (Phi) is 4.83. The van der Waals surface area contributed by atoms with Gasteiger partial charge in [0.25, 0.3) is 0 Å². The van der Waals surface area contributed by atoms with Gasteiger partial charge in [0.1, 0.15) is 5.75 Å². The molecule has 0 fully saturated rings. The van der Waals surface area contributed by atoms with Crippen LogP contribution in [-0.4, -0.2) is 17.7 Å². The van der Waals surface area contributed by atoms with Gasteiger partial charge in [-0.15, -0.1) is 0 Å². The first kappa shape index (κ1) is 12.6. The number of rotatable bonds is 5. The number of phenols is 1. The Morgan fingerprint density at radius 3 is 2.75 bits per heavy atom. The van der Waals surface area contributed by atoms with Crippen molar-refractivity contribution in [3.8, 4) is 5.75 Å². The van der Waals surface area contributed by atoms with E-state index in [1.165, 1.54) is 0 Å². The van der Waals surface area contributed by atoms with Crippen molar-refractivity contribution in [3.05, 3.63) is 29.8 Å². The van der Waals surface area contributed by atoms with Crippen molar-refractivity contribution in [2.24, 2.45) is 0 Å². The molecule has 0 bridgehead atoms. The van der Waals surface area contributed by atoms with Crippen LogP contribution in [0.1, 0.15) is 38.2 Å². The molecular weight excluding hydrogens is 204 g/mol. The molecule has 1 aromatic carbocycles. The zero-order chi connectivity index (χ0) is 12.0. The lowest BCUT2D eigenvalue weighted by molar-refractivity contribution is -0.143. The fraction of sp³-hybridized carbons (Fsp3) is 0.462. The molecule has 0 aliphatic carbocycles. The van der Waals surface area contributed by atoms with Crippen molar-refractivity contribution in [1.29, 1.82) is 0 Å². The van der Waals surface area contributed by atoms with E-state index >= 15 is 0 Å². The summed E-state index contributed by atoms with van der Waals surface area (Å²) in [6.45, 7) is 4.23. The number of phenolic OH excluding ortho intramolecular Hbond substituents is 1. The van der Waals surface area contributed by atoms with Crippen LogP contribution in [0.3, 0.4) is 0 Å². The first-order valence-corrected chi connectivity index (χ1v) is 5.61. The van der Waals surface area contributed by atoms with Crippen LogP contribution in [0.2, 0.25) is 0 Å². The van der Waals surface area contributed by atoms with Gasteiger partial charge < -0.3 is 9.84 Å². The van der Waals surface area contributed by atoms with E-state index in [1.807, 2.05) is 13.0 Å². The van der Waals surface area contributed by atoms with Gasteiger partial charge >= 0.3 is 5.97 Å². The summed E-state index contributed by atoms with van der Waals surface area (Å²) in [5, 5.41) is 9.38. The Bertz CT molecular complexity index is 347. The van der Waals surface area contributed by atoms with Crippen molar-refractivity contribution in [3.63, 3.8) is 0 Å². The van der Waals surface area contributed by atoms with Crippen LogP contribution in [0.4, 0.5) is 0 Å². The second-order valence-electron chi connectivity index (χ2n) is 3.71. The maximum absolute atomic E-state index is 11.4. The van der Waals surface area contributed by atoms with Gasteiger partial charge in [0, 0.05) is 0 Å². The van der Waals surface area contributed by atoms with E-state index in [0.29, 0.717) is 13.0 Å². The van der Waals surface area contributed by atoms with Crippen LogP contribution >= 0.6 is 0 Å². The summed E-state index contributed by atoms with van der Waals surface area (Å²) >= 11 is 0. The predicted molar refractivity (Wildman–Crippen MR) is 62.4 cm³/mol. The maximum Gasteiger partial charge on any atom is 0.306 e. The maximum atomic E-state index is 11.4. The lowest BCUT2D eigenvalue weighted by atomic mass is 9.93. The molecule has 3 nitrogen and oxygen atoms in total. The summed E-state index contributed by atoms with van der Waals surface area (Å²) in [5.41, 5.74) is 0.982. The van der Waals surface area contributed by atoms with Crippen LogP contribution in [0.15, 0.2) is 24.3 Å². The van der Waals surface area contributed by atoms with Crippen molar-refractivity contribution >= 4 is 5.97 Å². The van der Waals surface area contributed by atoms with E-state index in [4.69, 9.17) is 4.74 Å². The molecule has 0 radical (unpaired) electrons. The quantitative estimate of drug-likeness (QED) is 0.779. The molecule has 0 spiro atoms. The normalized spacial score (nSPS) is 12.1. The first-order chi connectivity index (χ1) is 7.67. The Hall–Kier alpha value is -1.51. The number of hydrogen-bond donors (Lipinski definition) is 1. The molecule has 0 heterocycles. The van der Waals surface area contributed by atoms with Crippen LogP contribution in [-0.2, 0) is 9.53 Å². The van der Waals surface area contributed by atoms with Crippen molar-refractivity contribution in [2.45, 2.75) is 32.6 Å². The molecule has 1 aromatic rings. The molecule has 16 heavy (non-hydrogen) atoms. The average molecular weight is 222 g/mol. The molecule has 1 N–H and O–H groups in total. The van der Waals surface area contributed by atoms with E-state index < -0.39 is 0 Å². The minimum atomic E-state index is -0.183. The molecule has 0 aliphatic rings. The SMILES string of the molecule is CCOC(=O)CC(CC)c1cccc(O)c1. The zero-order valence-electron chi connectivity index (χ0n) is 9.77. The van der Waals surface area contributed by atoms with Gasteiger partial charge in [-0.1, -0.05) is 19.1 Å². The summed E-state index contributed by atoms with van der Waals surface area (Å²) in [5.74, 6) is 0.170. The lowest BCUT2D eigenvalue weighted by Gasteiger charge is -2.14. The van der Waals surface area contributed by atoms with Crippen LogP contribution in [0.25, 0.3) is 0 Å². The minimum absolute atomic E-state index is 0.117. The monoisotopic (exact) mass is 222 g/mol. The summed E-state index contributed by atoms with van der Waals surface area (Å²) < 4.78 is 4.92. The van der Waals surface area contributed by atoms with Gasteiger partial charge in [0.05, 0.1) is 13.0 Å².